The van der Waals surface area contributed by atoms with Crippen LogP contribution in [0.15, 0.2) is 16.6 Å². The molecule has 0 spiro atoms. The van der Waals surface area contributed by atoms with Crippen molar-refractivity contribution in [1.29, 1.82) is 0 Å². The van der Waals surface area contributed by atoms with Crippen LogP contribution < -0.4 is 5.32 Å². The highest BCUT2D eigenvalue weighted by Crippen LogP contribution is 2.27. The lowest BCUT2D eigenvalue weighted by Gasteiger charge is -2.18. The number of anilines is 1. The van der Waals surface area contributed by atoms with Gasteiger partial charge in [0.1, 0.15) is 5.82 Å². The van der Waals surface area contributed by atoms with Crippen LogP contribution in [-0.4, -0.2) is 6.54 Å². The van der Waals surface area contributed by atoms with Gasteiger partial charge in [-0.3, -0.25) is 0 Å². The Bertz CT molecular complexity index is 281. The van der Waals surface area contributed by atoms with E-state index in [-0.39, 0.29) is 5.82 Å². The minimum Gasteiger partial charge on any atom is -0.385 e. The lowest BCUT2D eigenvalue weighted by molar-refractivity contribution is 0.617. The van der Waals surface area contributed by atoms with Crippen LogP contribution in [0.4, 0.5) is 10.1 Å². The van der Waals surface area contributed by atoms with E-state index in [4.69, 9.17) is 0 Å². The highest BCUT2D eigenvalue weighted by Gasteiger charge is 2.11. The first kappa shape index (κ1) is 8.05. The van der Waals surface area contributed by atoms with E-state index in [0.717, 1.165) is 30.6 Å². The van der Waals surface area contributed by atoms with Gasteiger partial charge in [-0.1, -0.05) is 0 Å². The zero-order valence-electron chi connectivity index (χ0n) is 6.53. The van der Waals surface area contributed by atoms with Gasteiger partial charge in [0.25, 0.3) is 0 Å². The SMILES string of the molecule is Fc1cc2c(cc1Br)NCCC2. The molecule has 0 aromatic heterocycles. The summed E-state index contributed by atoms with van der Waals surface area (Å²) in [6.07, 6.45) is 2.07. The van der Waals surface area contributed by atoms with Crippen molar-refractivity contribution in [2.45, 2.75) is 12.8 Å². The lowest BCUT2D eigenvalue weighted by atomic mass is 10.0. The second kappa shape index (κ2) is 3.05. The van der Waals surface area contributed by atoms with E-state index in [9.17, 15) is 4.39 Å². The van der Waals surface area contributed by atoms with Crippen molar-refractivity contribution in [3.05, 3.63) is 28.0 Å². The monoisotopic (exact) mass is 229 g/mol. The predicted octanol–water partition coefficient (Wildman–Crippen LogP) is 2.95. The topological polar surface area (TPSA) is 12.0 Å². The van der Waals surface area contributed by atoms with E-state index in [1.54, 1.807) is 6.07 Å². The largest absolute Gasteiger partial charge is 0.385 e. The molecule has 1 aromatic rings. The average molecular weight is 230 g/mol. The molecule has 1 aliphatic rings. The molecule has 0 saturated heterocycles. The molecule has 1 aliphatic heterocycles. The zero-order chi connectivity index (χ0) is 8.55. The van der Waals surface area contributed by atoms with Gasteiger partial charge in [0.05, 0.1) is 4.47 Å². The molecule has 0 saturated carbocycles. The maximum atomic E-state index is 13.0. The Morgan fingerprint density at radius 1 is 1.42 bits per heavy atom. The van der Waals surface area contributed by atoms with E-state index in [0.29, 0.717) is 4.47 Å². The summed E-state index contributed by atoms with van der Waals surface area (Å²) in [5.74, 6) is -0.169. The summed E-state index contributed by atoms with van der Waals surface area (Å²) >= 11 is 3.16. The van der Waals surface area contributed by atoms with Crippen molar-refractivity contribution in [2.24, 2.45) is 0 Å². The van der Waals surface area contributed by atoms with Crippen molar-refractivity contribution in [3.63, 3.8) is 0 Å². The second-order valence-electron chi connectivity index (χ2n) is 2.95. The summed E-state index contributed by atoms with van der Waals surface area (Å²) in [5.41, 5.74) is 2.15. The lowest BCUT2D eigenvalue weighted by Crippen LogP contribution is -2.11. The van der Waals surface area contributed by atoms with Crippen molar-refractivity contribution >= 4 is 21.6 Å². The van der Waals surface area contributed by atoms with E-state index >= 15 is 0 Å². The normalized spacial score (nSPS) is 15.2. The first-order valence-corrected chi connectivity index (χ1v) is 4.78. The Morgan fingerprint density at radius 2 is 2.25 bits per heavy atom. The summed E-state index contributed by atoms with van der Waals surface area (Å²) < 4.78 is 13.6. The molecule has 0 aliphatic carbocycles. The van der Waals surface area contributed by atoms with Crippen LogP contribution in [0.2, 0.25) is 0 Å². The average Bonchev–Trinajstić information content (AvgIpc) is 2.07. The van der Waals surface area contributed by atoms with E-state index in [1.807, 2.05) is 6.07 Å². The number of hydrogen-bond donors (Lipinski definition) is 1. The number of nitrogens with one attached hydrogen (secondary N) is 1. The van der Waals surface area contributed by atoms with Crippen LogP contribution in [0, 0.1) is 5.82 Å². The zero-order valence-corrected chi connectivity index (χ0v) is 8.12. The summed E-state index contributed by atoms with van der Waals surface area (Å²) in [6, 6.07) is 3.41. The number of hydrogen-bond acceptors (Lipinski definition) is 1. The fourth-order valence-corrected chi connectivity index (χ4v) is 1.80. The van der Waals surface area contributed by atoms with Gasteiger partial charge in [-0.05, 0) is 46.5 Å². The highest BCUT2D eigenvalue weighted by molar-refractivity contribution is 9.10. The van der Waals surface area contributed by atoms with Gasteiger partial charge in [0.2, 0.25) is 0 Å². The van der Waals surface area contributed by atoms with E-state index < -0.39 is 0 Å². The standard InChI is InChI=1S/C9H9BrFN/c10-7-5-9-6(4-8(7)11)2-1-3-12-9/h4-5,12H,1-3H2. The van der Waals surface area contributed by atoms with Crippen LogP contribution >= 0.6 is 15.9 Å². The van der Waals surface area contributed by atoms with Gasteiger partial charge in [0.15, 0.2) is 0 Å². The van der Waals surface area contributed by atoms with Crippen molar-refractivity contribution in [3.8, 4) is 0 Å². The van der Waals surface area contributed by atoms with Gasteiger partial charge >= 0.3 is 0 Å². The van der Waals surface area contributed by atoms with Gasteiger partial charge in [-0.15, -0.1) is 0 Å². The quantitative estimate of drug-likeness (QED) is 0.722. The van der Waals surface area contributed by atoms with Crippen LogP contribution in [0.3, 0.4) is 0 Å². The molecule has 12 heavy (non-hydrogen) atoms. The Hall–Kier alpha value is -0.570. The number of halogens is 2. The Morgan fingerprint density at radius 3 is 3.08 bits per heavy atom. The Balaban J connectivity index is 2.49. The van der Waals surface area contributed by atoms with E-state index in [1.165, 1.54) is 0 Å². The molecular weight excluding hydrogens is 221 g/mol. The molecule has 0 radical (unpaired) electrons. The fraction of sp³-hybridized carbons (Fsp3) is 0.333. The van der Waals surface area contributed by atoms with Gasteiger partial charge < -0.3 is 5.32 Å². The molecule has 0 fully saturated rings. The molecule has 2 rings (SSSR count). The van der Waals surface area contributed by atoms with Crippen LogP contribution in [0.1, 0.15) is 12.0 Å². The molecule has 1 aromatic carbocycles. The smallest absolute Gasteiger partial charge is 0.137 e. The molecular formula is C9H9BrFN. The van der Waals surface area contributed by atoms with Crippen molar-refractivity contribution in [1.82, 2.24) is 0 Å². The molecule has 0 amide bonds. The first-order valence-electron chi connectivity index (χ1n) is 3.99. The van der Waals surface area contributed by atoms with E-state index in [2.05, 4.69) is 21.2 Å². The second-order valence-corrected chi connectivity index (χ2v) is 3.81. The minimum atomic E-state index is -0.169. The fourth-order valence-electron chi connectivity index (χ4n) is 1.46. The number of benzene rings is 1. The number of rotatable bonds is 0. The first-order chi connectivity index (χ1) is 5.77. The van der Waals surface area contributed by atoms with Gasteiger partial charge in [0, 0.05) is 12.2 Å². The summed E-state index contributed by atoms with van der Waals surface area (Å²) in [4.78, 5) is 0. The van der Waals surface area contributed by atoms with Crippen LogP contribution in [-0.2, 0) is 6.42 Å². The summed E-state index contributed by atoms with van der Waals surface area (Å²) in [7, 11) is 0. The Kier molecular flexibility index (Phi) is 2.05. The van der Waals surface area contributed by atoms with Crippen molar-refractivity contribution in [2.75, 3.05) is 11.9 Å². The number of aryl methyl sites for hydroxylation is 1. The van der Waals surface area contributed by atoms with Gasteiger partial charge in [-0.2, -0.15) is 0 Å². The molecule has 0 atom stereocenters. The molecule has 0 bridgehead atoms. The van der Waals surface area contributed by atoms with Crippen LogP contribution in [0.5, 0.6) is 0 Å². The summed E-state index contributed by atoms with van der Waals surface area (Å²) in [6.45, 7) is 0.991. The van der Waals surface area contributed by atoms with Crippen LogP contribution in [0.25, 0.3) is 0 Å². The molecule has 1 N–H and O–H groups in total. The number of fused-ring (bicyclic) bond motifs is 1. The minimum absolute atomic E-state index is 0.169. The maximum absolute atomic E-state index is 13.0. The molecule has 1 heterocycles. The third-order valence-corrected chi connectivity index (χ3v) is 2.69. The molecule has 0 unspecified atom stereocenters. The maximum Gasteiger partial charge on any atom is 0.137 e. The Labute approximate surface area is 79.1 Å². The third-order valence-electron chi connectivity index (χ3n) is 2.08. The predicted molar refractivity (Wildman–Crippen MR) is 50.9 cm³/mol. The summed E-state index contributed by atoms with van der Waals surface area (Å²) in [5, 5.41) is 3.23. The van der Waals surface area contributed by atoms with Gasteiger partial charge in [-0.25, -0.2) is 4.39 Å². The molecule has 1 nitrogen and oxygen atoms in total. The highest BCUT2D eigenvalue weighted by atomic mass is 79.9. The third kappa shape index (κ3) is 1.33. The molecule has 3 heteroatoms. The van der Waals surface area contributed by atoms with Crippen molar-refractivity contribution < 1.29 is 4.39 Å². The molecule has 64 valence electrons.